The Morgan fingerprint density at radius 1 is 1.43 bits per heavy atom. The van der Waals surface area contributed by atoms with Crippen LogP contribution in [0.3, 0.4) is 0 Å². The fourth-order valence-electron chi connectivity index (χ4n) is 2.35. The molecular weight excluding hydrogens is 334 g/mol. The Bertz CT molecular complexity index is 516. The summed E-state index contributed by atoms with van der Waals surface area (Å²) in [7, 11) is 0. The molecule has 1 aliphatic rings. The van der Waals surface area contributed by atoms with Crippen LogP contribution in [0.2, 0.25) is 0 Å². The van der Waals surface area contributed by atoms with Crippen LogP contribution in [0, 0.1) is 0 Å². The number of piperazine rings is 1. The van der Waals surface area contributed by atoms with Crippen LogP contribution in [-0.4, -0.2) is 47.3 Å². The molecular formula is C15H22BrN3O2. The number of pyridine rings is 1. The minimum atomic E-state index is -0.460. The first-order valence-corrected chi connectivity index (χ1v) is 7.92. The molecule has 0 unspecified atom stereocenters. The van der Waals surface area contributed by atoms with Gasteiger partial charge in [0.25, 0.3) is 0 Å². The van der Waals surface area contributed by atoms with Crippen LogP contribution in [-0.2, 0) is 4.74 Å². The van der Waals surface area contributed by atoms with E-state index in [1.807, 2.05) is 39.8 Å². The third-order valence-electron chi connectivity index (χ3n) is 3.29. The van der Waals surface area contributed by atoms with Crippen LogP contribution in [0.1, 0.15) is 27.7 Å². The van der Waals surface area contributed by atoms with Crippen LogP contribution in [0.5, 0.6) is 0 Å². The molecule has 2 heterocycles. The van der Waals surface area contributed by atoms with Crippen LogP contribution in [0.4, 0.5) is 10.6 Å². The van der Waals surface area contributed by atoms with Crippen molar-refractivity contribution >= 4 is 27.8 Å². The minimum absolute atomic E-state index is 0.0857. The van der Waals surface area contributed by atoms with Crippen molar-refractivity contribution in [3.05, 3.63) is 22.8 Å². The number of halogens is 1. The highest BCUT2D eigenvalue weighted by Gasteiger charge is 2.31. The second kappa shape index (κ2) is 6.22. The molecule has 2 rings (SSSR count). The monoisotopic (exact) mass is 355 g/mol. The van der Waals surface area contributed by atoms with Crippen LogP contribution >= 0.6 is 15.9 Å². The Kier molecular flexibility index (Phi) is 4.76. The highest BCUT2D eigenvalue weighted by atomic mass is 79.9. The predicted molar refractivity (Wildman–Crippen MR) is 86.6 cm³/mol. The summed E-state index contributed by atoms with van der Waals surface area (Å²) in [5.41, 5.74) is -0.460. The van der Waals surface area contributed by atoms with Crippen molar-refractivity contribution in [3.8, 4) is 0 Å². The maximum absolute atomic E-state index is 12.2. The number of carbonyl (C=O) groups excluding carboxylic acids is 1. The smallest absolute Gasteiger partial charge is 0.410 e. The molecule has 0 saturated carbocycles. The van der Waals surface area contributed by atoms with Gasteiger partial charge < -0.3 is 14.5 Å². The molecule has 1 aliphatic heterocycles. The molecule has 0 N–H and O–H groups in total. The molecule has 21 heavy (non-hydrogen) atoms. The molecule has 1 amide bonds. The molecule has 5 nitrogen and oxygen atoms in total. The highest BCUT2D eigenvalue weighted by Crippen LogP contribution is 2.25. The molecule has 0 spiro atoms. The zero-order valence-corrected chi connectivity index (χ0v) is 14.6. The van der Waals surface area contributed by atoms with E-state index < -0.39 is 5.60 Å². The van der Waals surface area contributed by atoms with Gasteiger partial charge in [-0.1, -0.05) is 0 Å². The van der Waals surface area contributed by atoms with Gasteiger partial charge in [0.2, 0.25) is 0 Å². The van der Waals surface area contributed by atoms with Gasteiger partial charge in [-0.2, -0.15) is 0 Å². The first kappa shape index (κ1) is 16.1. The van der Waals surface area contributed by atoms with Gasteiger partial charge in [-0.15, -0.1) is 0 Å². The Labute approximate surface area is 134 Å². The van der Waals surface area contributed by atoms with E-state index >= 15 is 0 Å². The fraction of sp³-hybridized carbons (Fsp3) is 0.600. The van der Waals surface area contributed by atoms with Crippen molar-refractivity contribution in [3.63, 3.8) is 0 Å². The lowest BCUT2D eigenvalue weighted by Crippen LogP contribution is -2.55. The van der Waals surface area contributed by atoms with E-state index in [4.69, 9.17) is 4.74 Å². The number of hydrogen-bond acceptors (Lipinski definition) is 4. The molecule has 1 aromatic heterocycles. The molecule has 1 atom stereocenters. The van der Waals surface area contributed by atoms with Crippen molar-refractivity contribution < 1.29 is 9.53 Å². The second-order valence-corrected chi connectivity index (χ2v) is 7.13. The van der Waals surface area contributed by atoms with Gasteiger partial charge in [0.15, 0.2) is 0 Å². The van der Waals surface area contributed by atoms with Crippen LogP contribution < -0.4 is 4.90 Å². The predicted octanol–water partition coefficient (Wildman–Crippen LogP) is 3.29. The summed E-state index contributed by atoms with van der Waals surface area (Å²) in [6.45, 7) is 9.82. The first-order valence-electron chi connectivity index (χ1n) is 7.13. The second-order valence-electron chi connectivity index (χ2n) is 6.28. The lowest BCUT2D eigenvalue weighted by molar-refractivity contribution is 0.0158. The number of nitrogens with zero attached hydrogens (tertiary/aromatic N) is 3. The van der Waals surface area contributed by atoms with Gasteiger partial charge in [-0.05, 0) is 55.8 Å². The normalized spacial score (nSPS) is 19.6. The van der Waals surface area contributed by atoms with E-state index in [1.165, 1.54) is 0 Å². The summed E-state index contributed by atoms with van der Waals surface area (Å²) in [5, 5.41) is 0. The van der Waals surface area contributed by atoms with E-state index in [0.717, 1.165) is 23.4 Å². The van der Waals surface area contributed by atoms with Crippen molar-refractivity contribution in [1.82, 2.24) is 9.88 Å². The molecule has 0 aromatic carbocycles. The lowest BCUT2D eigenvalue weighted by Gasteiger charge is -2.40. The number of ether oxygens (including phenoxy) is 1. The Balaban J connectivity index is 2.03. The summed E-state index contributed by atoms with van der Waals surface area (Å²) >= 11 is 3.53. The van der Waals surface area contributed by atoms with Gasteiger partial charge >= 0.3 is 6.09 Å². The molecule has 0 aliphatic carbocycles. The van der Waals surface area contributed by atoms with E-state index in [0.29, 0.717) is 6.54 Å². The molecule has 1 aromatic rings. The number of aromatic nitrogens is 1. The number of carbonyl (C=O) groups is 1. The zero-order valence-electron chi connectivity index (χ0n) is 13.0. The molecule has 0 bridgehead atoms. The molecule has 6 heteroatoms. The lowest BCUT2D eigenvalue weighted by atomic mass is 10.2. The molecule has 116 valence electrons. The zero-order chi connectivity index (χ0) is 15.6. The van der Waals surface area contributed by atoms with Gasteiger partial charge in [0, 0.05) is 31.9 Å². The molecule has 1 fully saturated rings. The van der Waals surface area contributed by atoms with Gasteiger partial charge in [0.1, 0.15) is 11.4 Å². The number of hydrogen-bond donors (Lipinski definition) is 0. The number of rotatable bonds is 1. The van der Waals surface area contributed by atoms with E-state index in [1.54, 1.807) is 11.1 Å². The van der Waals surface area contributed by atoms with Crippen molar-refractivity contribution in [2.75, 3.05) is 24.5 Å². The van der Waals surface area contributed by atoms with Crippen LogP contribution in [0.25, 0.3) is 0 Å². The van der Waals surface area contributed by atoms with E-state index in [-0.39, 0.29) is 12.1 Å². The topological polar surface area (TPSA) is 45.7 Å². The SMILES string of the molecule is C[C@@H]1CN(c2ncccc2Br)CCN1C(=O)OC(C)(C)C. The number of anilines is 1. The third kappa shape index (κ3) is 4.09. The summed E-state index contributed by atoms with van der Waals surface area (Å²) < 4.78 is 6.43. The van der Waals surface area contributed by atoms with Crippen LogP contribution in [0.15, 0.2) is 22.8 Å². The van der Waals surface area contributed by atoms with Crippen molar-refractivity contribution in [2.45, 2.75) is 39.3 Å². The fourth-order valence-corrected chi connectivity index (χ4v) is 2.86. The summed E-state index contributed by atoms with van der Waals surface area (Å²) in [6, 6.07) is 3.96. The largest absolute Gasteiger partial charge is 0.444 e. The van der Waals surface area contributed by atoms with Crippen molar-refractivity contribution in [2.24, 2.45) is 0 Å². The van der Waals surface area contributed by atoms with Gasteiger partial charge in [-0.3, -0.25) is 0 Å². The maximum atomic E-state index is 12.2. The van der Waals surface area contributed by atoms with E-state index in [2.05, 4.69) is 25.8 Å². The Morgan fingerprint density at radius 3 is 2.71 bits per heavy atom. The minimum Gasteiger partial charge on any atom is -0.444 e. The van der Waals surface area contributed by atoms with Crippen molar-refractivity contribution in [1.29, 1.82) is 0 Å². The average Bonchev–Trinajstić information content (AvgIpc) is 2.37. The Morgan fingerprint density at radius 2 is 2.14 bits per heavy atom. The summed E-state index contributed by atoms with van der Waals surface area (Å²) in [6.07, 6.45) is 1.54. The molecule has 1 saturated heterocycles. The summed E-state index contributed by atoms with van der Waals surface area (Å²) in [5.74, 6) is 0.924. The van der Waals surface area contributed by atoms with Gasteiger partial charge in [-0.25, -0.2) is 9.78 Å². The van der Waals surface area contributed by atoms with E-state index in [9.17, 15) is 4.79 Å². The Hall–Kier alpha value is -1.30. The maximum Gasteiger partial charge on any atom is 0.410 e. The molecule has 0 radical (unpaired) electrons. The number of amides is 1. The average molecular weight is 356 g/mol. The van der Waals surface area contributed by atoms with Gasteiger partial charge in [0.05, 0.1) is 4.47 Å². The first-order chi connectivity index (χ1) is 9.78. The quantitative estimate of drug-likeness (QED) is 0.775. The third-order valence-corrected chi connectivity index (χ3v) is 3.91. The standard InChI is InChI=1S/C15H22BrN3O2/c1-11-10-18(13-12(16)6-5-7-17-13)8-9-19(11)14(20)21-15(2,3)4/h5-7,11H,8-10H2,1-4H3/t11-/m1/s1. The summed E-state index contributed by atoms with van der Waals surface area (Å²) in [4.78, 5) is 20.6. The highest BCUT2D eigenvalue weighted by molar-refractivity contribution is 9.10.